The lowest BCUT2D eigenvalue weighted by Crippen LogP contribution is -2.44. The second-order valence-electron chi connectivity index (χ2n) is 7.35. The molecule has 2 N–H and O–H groups in total. The van der Waals surface area contributed by atoms with Crippen LogP contribution in [0.4, 0.5) is 0 Å². The highest BCUT2D eigenvalue weighted by molar-refractivity contribution is 6.30. The summed E-state index contributed by atoms with van der Waals surface area (Å²) in [6.07, 6.45) is 2.96. The van der Waals surface area contributed by atoms with Crippen molar-refractivity contribution >= 4 is 23.4 Å². The maximum atomic E-state index is 13.2. The molecule has 0 unspecified atom stereocenters. The van der Waals surface area contributed by atoms with E-state index in [-0.39, 0.29) is 36.3 Å². The van der Waals surface area contributed by atoms with Crippen LogP contribution < -0.4 is 5.73 Å². The molecule has 148 valence electrons. The normalized spacial score (nSPS) is 23.9. The Bertz CT molecular complexity index is 676. The van der Waals surface area contributed by atoms with Crippen LogP contribution in [0, 0.1) is 5.92 Å². The molecule has 2 heterocycles. The number of piperidine rings is 1. The molecule has 2 fully saturated rings. The van der Waals surface area contributed by atoms with Crippen LogP contribution in [-0.2, 0) is 14.3 Å². The van der Waals surface area contributed by atoms with Gasteiger partial charge in [0.25, 0.3) is 0 Å². The molecule has 2 amide bonds. The fourth-order valence-corrected chi connectivity index (χ4v) is 4.25. The van der Waals surface area contributed by atoms with E-state index in [1.165, 1.54) is 0 Å². The lowest BCUT2D eigenvalue weighted by atomic mass is 9.91. The number of nitrogens with zero attached hydrogens (tertiary/aromatic N) is 2. The Morgan fingerprint density at radius 1 is 1.33 bits per heavy atom. The van der Waals surface area contributed by atoms with Crippen molar-refractivity contribution in [1.29, 1.82) is 0 Å². The fraction of sp³-hybridized carbons (Fsp3) is 0.600. The Kier molecular flexibility index (Phi) is 6.73. The summed E-state index contributed by atoms with van der Waals surface area (Å²) in [5, 5.41) is 0.613. The number of carbonyl (C=O) groups excluding carboxylic acids is 2. The number of hydrogen-bond donors (Lipinski definition) is 1. The summed E-state index contributed by atoms with van der Waals surface area (Å²) >= 11 is 6.13. The maximum Gasteiger partial charge on any atom is 0.228 e. The van der Waals surface area contributed by atoms with Gasteiger partial charge >= 0.3 is 0 Å². The van der Waals surface area contributed by atoms with Gasteiger partial charge < -0.3 is 20.3 Å². The van der Waals surface area contributed by atoms with E-state index in [4.69, 9.17) is 22.1 Å². The minimum atomic E-state index is -0.365. The SMILES string of the molecule is CN1C(=O)C[C@@H](C(=O)N2CCC(OCCCN)CC2)[C@@H]1c1cccc(Cl)c1. The Morgan fingerprint density at radius 2 is 2.07 bits per heavy atom. The van der Waals surface area contributed by atoms with Crippen molar-refractivity contribution < 1.29 is 14.3 Å². The third-order valence-electron chi connectivity index (χ3n) is 5.55. The Balaban J connectivity index is 1.65. The predicted octanol–water partition coefficient (Wildman–Crippen LogP) is 2.22. The summed E-state index contributed by atoms with van der Waals surface area (Å²) in [6, 6.07) is 7.18. The van der Waals surface area contributed by atoms with Crippen LogP contribution in [0.1, 0.15) is 37.3 Å². The zero-order valence-corrected chi connectivity index (χ0v) is 16.5. The van der Waals surface area contributed by atoms with Gasteiger partial charge in [-0.1, -0.05) is 23.7 Å². The number of ether oxygens (including phenoxy) is 1. The minimum Gasteiger partial charge on any atom is -0.378 e. The zero-order chi connectivity index (χ0) is 19.4. The summed E-state index contributed by atoms with van der Waals surface area (Å²) in [4.78, 5) is 29.1. The number of halogens is 1. The molecule has 2 aliphatic heterocycles. The summed E-state index contributed by atoms with van der Waals surface area (Å²) < 4.78 is 5.82. The average molecular weight is 394 g/mol. The number of nitrogens with two attached hydrogens (primary N) is 1. The number of rotatable bonds is 6. The number of hydrogen-bond acceptors (Lipinski definition) is 4. The average Bonchev–Trinajstić information content (AvgIpc) is 2.97. The van der Waals surface area contributed by atoms with Gasteiger partial charge in [0.15, 0.2) is 0 Å². The molecule has 0 radical (unpaired) electrons. The molecule has 2 saturated heterocycles. The molecule has 27 heavy (non-hydrogen) atoms. The van der Waals surface area contributed by atoms with Crippen molar-refractivity contribution in [2.75, 3.05) is 33.3 Å². The predicted molar refractivity (Wildman–Crippen MR) is 104 cm³/mol. The van der Waals surface area contributed by atoms with E-state index in [9.17, 15) is 9.59 Å². The van der Waals surface area contributed by atoms with E-state index < -0.39 is 0 Å². The van der Waals surface area contributed by atoms with Crippen molar-refractivity contribution in [2.24, 2.45) is 11.7 Å². The first-order valence-corrected chi connectivity index (χ1v) is 10.0. The second kappa shape index (κ2) is 9.04. The van der Waals surface area contributed by atoms with Gasteiger partial charge in [0.05, 0.1) is 18.1 Å². The zero-order valence-electron chi connectivity index (χ0n) is 15.8. The highest BCUT2D eigenvalue weighted by atomic mass is 35.5. The molecule has 1 aromatic rings. The Morgan fingerprint density at radius 3 is 2.74 bits per heavy atom. The van der Waals surface area contributed by atoms with E-state index in [1.54, 1.807) is 18.0 Å². The van der Waals surface area contributed by atoms with Crippen molar-refractivity contribution in [3.63, 3.8) is 0 Å². The monoisotopic (exact) mass is 393 g/mol. The standard InChI is InChI=1S/C20H28ClN3O3/c1-23-18(25)13-17(19(23)14-4-2-5-15(21)12-14)20(26)24-9-6-16(7-10-24)27-11-3-8-22/h2,4-5,12,16-17,19H,3,6-11,13,22H2,1H3/t17-,19+/m1/s1. The van der Waals surface area contributed by atoms with Crippen LogP contribution in [0.3, 0.4) is 0 Å². The van der Waals surface area contributed by atoms with Gasteiger partial charge in [-0.05, 0) is 43.5 Å². The molecule has 7 heteroatoms. The van der Waals surface area contributed by atoms with Gasteiger partial charge in [-0.15, -0.1) is 0 Å². The van der Waals surface area contributed by atoms with Crippen molar-refractivity contribution in [3.8, 4) is 0 Å². The molecule has 0 bridgehead atoms. The molecule has 0 saturated carbocycles. The first-order valence-electron chi connectivity index (χ1n) is 9.63. The van der Waals surface area contributed by atoms with Crippen molar-refractivity contribution in [1.82, 2.24) is 9.80 Å². The minimum absolute atomic E-state index is 0.00155. The van der Waals surface area contributed by atoms with Gasteiger partial charge in [0.1, 0.15) is 0 Å². The maximum absolute atomic E-state index is 13.2. The smallest absolute Gasteiger partial charge is 0.228 e. The van der Waals surface area contributed by atoms with Gasteiger partial charge in [0, 0.05) is 38.2 Å². The van der Waals surface area contributed by atoms with Crippen LogP contribution in [0.25, 0.3) is 0 Å². The van der Waals surface area contributed by atoms with Crippen LogP contribution in [0.2, 0.25) is 5.02 Å². The van der Waals surface area contributed by atoms with Gasteiger partial charge in [0.2, 0.25) is 11.8 Å². The second-order valence-corrected chi connectivity index (χ2v) is 7.79. The fourth-order valence-electron chi connectivity index (χ4n) is 4.05. The van der Waals surface area contributed by atoms with Crippen LogP contribution in [-0.4, -0.2) is 61.0 Å². The Labute approximate surface area is 165 Å². The summed E-state index contributed by atoms with van der Waals surface area (Å²) in [5.74, 6) is -0.313. The largest absolute Gasteiger partial charge is 0.378 e. The molecule has 0 aromatic heterocycles. The topological polar surface area (TPSA) is 75.9 Å². The third-order valence-corrected chi connectivity index (χ3v) is 5.78. The van der Waals surface area contributed by atoms with E-state index in [0.29, 0.717) is 31.3 Å². The van der Waals surface area contributed by atoms with Crippen LogP contribution >= 0.6 is 11.6 Å². The number of benzene rings is 1. The molecule has 1 aromatic carbocycles. The highest BCUT2D eigenvalue weighted by Gasteiger charge is 2.44. The first-order chi connectivity index (χ1) is 13.0. The number of likely N-dealkylation sites (tertiary alicyclic amines) is 2. The van der Waals surface area contributed by atoms with Gasteiger partial charge in [-0.25, -0.2) is 0 Å². The molecular weight excluding hydrogens is 366 g/mol. The summed E-state index contributed by atoms with van der Waals surface area (Å²) in [5.41, 5.74) is 6.41. The Hall–Kier alpha value is -1.63. The molecule has 3 rings (SSSR count). The van der Waals surface area contributed by atoms with Crippen molar-refractivity contribution in [3.05, 3.63) is 34.9 Å². The van der Waals surface area contributed by atoms with E-state index in [0.717, 1.165) is 24.8 Å². The lowest BCUT2D eigenvalue weighted by molar-refractivity contribution is -0.139. The van der Waals surface area contributed by atoms with Gasteiger partial charge in [-0.2, -0.15) is 0 Å². The molecular formula is C20H28ClN3O3. The molecule has 2 atom stereocenters. The highest BCUT2D eigenvalue weighted by Crippen LogP contribution is 2.39. The van der Waals surface area contributed by atoms with E-state index in [2.05, 4.69) is 0 Å². The lowest BCUT2D eigenvalue weighted by Gasteiger charge is -2.35. The summed E-state index contributed by atoms with van der Waals surface area (Å²) in [6.45, 7) is 2.64. The summed E-state index contributed by atoms with van der Waals surface area (Å²) in [7, 11) is 1.76. The molecule has 0 aliphatic carbocycles. The van der Waals surface area contributed by atoms with Crippen LogP contribution in [0.15, 0.2) is 24.3 Å². The molecule has 0 spiro atoms. The first kappa shape index (κ1) is 20.1. The third kappa shape index (κ3) is 4.62. The molecule has 2 aliphatic rings. The number of amides is 2. The van der Waals surface area contributed by atoms with Crippen LogP contribution in [0.5, 0.6) is 0 Å². The van der Waals surface area contributed by atoms with Crippen molar-refractivity contribution in [2.45, 2.75) is 37.8 Å². The van der Waals surface area contributed by atoms with Gasteiger partial charge in [-0.3, -0.25) is 9.59 Å². The van der Waals surface area contributed by atoms with E-state index in [1.807, 2.05) is 23.1 Å². The van der Waals surface area contributed by atoms with E-state index >= 15 is 0 Å². The molecule has 6 nitrogen and oxygen atoms in total. The number of carbonyl (C=O) groups is 2. The quantitative estimate of drug-likeness (QED) is 0.752.